The van der Waals surface area contributed by atoms with Crippen molar-refractivity contribution in [3.05, 3.63) is 94.4 Å². The van der Waals surface area contributed by atoms with Crippen molar-refractivity contribution in [1.29, 1.82) is 0 Å². The van der Waals surface area contributed by atoms with Crippen LogP contribution in [0.4, 0.5) is 17.6 Å². The van der Waals surface area contributed by atoms with Crippen LogP contribution in [-0.4, -0.2) is 55.7 Å². The minimum Gasteiger partial charge on any atom is -0.391 e. The van der Waals surface area contributed by atoms with Crippen LogP contribution in [0.1, 0.15) is 66.2 Å². The molecule has 3 atom stereocenters. The number of carbonyl (C=O) groups is 2. The monoisotopic (exact) mass is 642 g/mol. The third-order valence-corrected chi connectivity index (χ3v) is 8.35. The molecule has 4 rings (SSSR count). The van der Waals surface area contributed by atoms with Crippen LogP contribution in [0.3, 0.4) is 0 Å². The highest BCUT2D eigenvalue weighted by molar-refractivity contribution is 5.98. The van der Waals surface area contributed by atoms with Gasteiger partial charge in [-0.3, -0.25) is 9.59 Å². The summed E-state index contributed by atoms with van der Waals surface area (Å²) < 4.78 is 59.1. The second kappa shape index (κ2) is 12.8. The van der Waals surface area contributed by atoms with E-state index in [0.717, 1.165) is 5.56 Å². The van der Waals surface area contributed by atoms with Crippen molar-refractivity contribution < 1.29 is 37.4 Å². The normalized spacial score (nSPS) is 14.9. The Labute approximate surface area is 264 Å². The Morgan fingerprint density at radius 1 is 1.07 bits per heavy atom. The Morgan fingerprint density at radius 2 is 1.76 bits per heavy atom. The fourth-order valence-electron chi connectivity index (χ4n) is 6.02. The number of aliphatic hydroxyl groups excluding tert-OH is 1. The molecule has 0 aliphatic rings. The average Bonchev–Trinajstić information content (AvgIpc) is 3.38. The van der Waals surface area contributed by atoms with E-state index >= 15 is 0 Å². The number of fused-ring (bicyclic) bond motifs is 1. The van der Waals surface area contributed by atoms with Crippen LogP contribution in [0.15, 0.2) is 60.8 Å². The summed E-state index contributed by atoms with van der Waals surface area (Å²) in [5.41, 5.74) is 4.50. The fourth-order valence-corrected chi connectivity index (χ4v) is 6.02. The summed E-state index contributed by atoms with van der Waals surface area (Å²) in [5.74, 6) is -2.11. The molecule has 12 heteroatoms. The molecule has 2 unspecified atom stereocenters. The largest absolute Gasteiger partial charge is 0.417 e. The zero-order valence-electron chi connectivity index (χ0n) is 26.2. The third kappa shape index (κ3) is 7.23. The van der Waals surface area contributed by atoms with Crippen LogP contribution in [0.2, 0.25) is 0 Å². The summed E-state index contributed by atoms with van der Waals surface area (Å²) in [6.45, 7) is 7.93. The molecule has 0 bridgehead atoms. The Morgan fingerprint density at radius 3 is 2.39 bits per heavy atom. The van der Waals surface area contributed by atoms with E-state index in [1.54, 1.807) is 52.0 Å². The lowest BCUT2D eigenvalue weighted by Gasteiger charge is -2.38. The molecule has 1 heterocycles. The number of hydrogen-bond donors (Lipinski definition) is 4. The summed E-state index contributed by atoms with van der Waals surface area (Å²) >= 11 is 0. The molecule has 1 aromatic heterocycles. The van der Waals surface area contributed by atoms with Crippen molar-refractivity contribution in [3.63, 3.8) is 0 Å². The van der Waals surface area contributed by atoms with Gasteiger partial charge in [-0.2, -0.15) is 18.3 Å². The minimum atomic E-state index is -4.96. The van der Waals surface area contributed by atoms with Gasteiger partial charge in [0.15, 0.2) is 5.60 Å². The molecule has 0 radical (unpaired) electrons. The molecule has 8 nitrogen and oxygen atoms in total. The molecule has 3 aromatic carbocycles. The number of nitrogens with two attached hydrogens (primary N) is 1. The Balaban J connectivity index is 1.65. The van der Waals surface area contributed by atoms with Gasteiger partial charge >= 0.3 is 6.18 Å². The molecule has 0 aliphatic heterocycles. The lowest BCUT2D eigenvalue weighted by molar-refractivity contribution is -0.269. The molecule has 0 spiro atoms. The second-order valence-corrected chi connectivity index (χ2v) is 12.6. The van der Waals surface area contributed by atoms with Crippen molar-refractivity contribution in [1.82, 2.24) is 15.1 Å². The van der Waals surface area contributed by atoms with Crippen LogP contribution in [-0.2, 0) is 16.6 Å². The fraction of sp³-hybridized carbons (Fsp3) is 0.382. The van der Waals surface area contributed by atoms with E-state index in [1.807, 2.05) is 0 Å². The topological polar surface area (TPSA) is 130 Å². The number of primary amides is 1. The van der Waals surface area contributed by atoms with Gasteiger partial charge in [-0.05, 0) is 104 Å². The number of rotatable bonds is 11. The number of amides is 2. The van der Waals surface area contributed by atoms with Gasteiger partial charge in [-0.1, -0.05) is 32.0 Å². The van der Waals surface area contributed by atoms with E-state index in [-0.39, 0.29) is 12.0 Å². The van der Waals surface area contributed by atoms with Gasteiger partial charge in [0.25, 0.3) is 5.91 Å². The standard InChI is InChI=1S/C34H38F4N4O4/c1-19-13-22(11-12-33(46,34(36,37)38)18-32(4,5)27-16-24(35)10-9-20(27)2)26-17-40-42(28(26)14-19)25-8-6-7-23(15-25)31(45)41-29(21(3)43)30(39)44/h6-10,13-17,21,29,43,46H,11-12,18H2,1-5H3,(H2,39,44)(H,41,45)/t21-,29?,33?/m1/s1. The van der Waals surface area contributed by atoms with Crippen LogP contribution < -0.4 is 11.1 Å². The molecule has 0 fully saturated rings. The maximum absolute atomic E-state index is 14.5. The Bertz CT molecular complexity index is 1770. The van der Waals surface area contributed by atoms with Crippen molar-refractivity contribution in [3.8, 4) is 5.69 Å². The van der Waals surface area contributed by atoms with Crippen molar-refractivity contribution >= 4 is 22.7 Å². The molecule has 0 saturated carbocycles. The summed E-state index contributed by atoms with van der Waals surface area (Å²) in [5, 5.41) is 28.4. The zero-order valence-corrected chi connectivity index (χ0v) is 26.2. The Hall–Kier alpha value is -4.29. The van der Waals surface area contributed by atoms with E-state index in [4.69, 9.17) is 5.73 Å². The maximum Gasteiger partial charge on any atom is 0.417 e. The number of carbonyl (C=O) groups excluding carboxylic acids is 2. The van der Waals surface area contributed by atoms with E-state index in [1.165, 1.54) is 48.1 Å². The van der Waals surface area contributed by atoms with Gasteiger partial charge in [-0.25, -0.2) is 9.07 Å². The highest BCUT2D eigenvalue weighted by atomic mass is 19.4. The first-order valence-corrected chi connectivity index (χ1v) is 14.7. The van der Waals surface area contributed by atoms with E-state index in [9.17, 15) is 37.4 Å². The molecule has 2 amide bonds. The molecule has 4 aromatic rings. The minimum absolute atomic E-state index is 0.131. The summed E-state index contributed by atoms with van der Waals surface area (Å²) in [6, 6.07) is 12.5. The van der Waals surface area contributed by atoms with Crippen LogP contribution >= 0.6 is 0 Å². The first-order chi connectivity index (χ1) is 21.3. The first-order valence-electron chi connectivity index (χ1n) is 14.7. The van der Waals surface area contributed by atoms with Gasteiger partial charge in [0.1, 0.15) is 11.9 Å². The van der Waals surface area contributed by atoms with Crippen molar-refractivity contribution in [2.45, 2.75) is 83.2 Å². The van der Waals surface area contributed by atoms with Gasteiger partial charge in [0, 0.05) is 10.9 Å². The first kappa shape index (κ1) is 34.6. The quantitative estimate of drug-likeness (QED) is 0.164. The maximum atomic E-state index is 14.5. The average molecular weight is 643 g/mol. The second-order valence-electron chi connectivity index (χ2n) is 12.6. The number of benzene rings is 3. The number of alkyl halides is 3. The Kier molecular flexibility index (Phi) is 9.65. The number of aliphatic hydroxyl groups is 2. The summed E-state index contributed by atoms with van der Waals surface area (Å²) in [4.78, 5) is 24.5. The number of nitrogens with one attached hydrogen (secondary N) is 1. The van der Waals surface area contributed by atoms with Gasteiger partial charge < -0.3 is 21.3 Å². The van der Waals surface area contributed by atoms with Crippen LogP contribution in [0, 0.1) is 19.7 Å². The van der Waals surface area contributed by atoms with Gasteiger partial charge in [-0.15, -0.1) is 0 Å². The summed E-state index contributed by atoms with van der Waals surface area (Å²) in [6.07, 6.45) is -6.11. The smallest absolute Gasteiger partial charge is 0.391 e. The third-order valence-electron chi connectivity index (χ3n) is 8.35. The highest BCUT2D eigenvalue weighted by Crippen LogP contribution is 2.44. The number of aromatic nitrogens is 2. The van der Waals surface area contributed by atoms with Crippen molar-refractivity contribution in [2.75, 3.05) is 0 Å². The number of aryl methyl sites for hydroxylation is 3. The van der Waals surface area contributed by atoms with Crippen molar-refractivity contribution in [2.24, 2.45) is 5.73 Å². The van der Waals surface area contributed by atoms with E-state index in [0.29, 0.717) is 33.3 Å². The molecule has 5 N–H and O–H groups in total. The number of hydrogen-bond acceptors (Lipinski definition) is 5. The predicted molar refractivity (Wildman–Crippen MR) is 166 cm³/mol. The molecule has 0 aliphatic carbocycles. The molecule has 246 valence electrons. The number of halogens is 4. The molecular weight excluding hydrogens is 604 g/mol. The number of nitrogens with zero attached hydrogens (tertiary/aromatic N) is 2. The zero-order chi connectivity index (χ0) is 34.2. The van der Waals surface area contributed by atoms with Gasteiger partial charge in [0.05, 0.1) is 23.5 Å². The van der Waals surface area contributed by atoms with Crippen LogP contribution in [0.25, 0.3) is 16.6 Å². The highest BCUT2D eigenvalue weighted by Gasteiger charge is 2.55. The lowest BCUT2D eigenvalue weighted by Crippen LogP contribution is -2.50. The summed E-state index contributed by atoms with van der Waals surface area (Å²) in [7, 11) is 0. The molecule has 46 heavy (non-hydrogen) atoms. The molecular formula is C34H38F4N4O4. The van der Waals surface area contributed by atoms with Crippen LogP contribution in [0.5, 0.6) is 0 Å². The molecule has 0 saturated heterocycles. The SMILES string of the molecule is Cc1cc(CCC(O)(CC(C)(C)c2cc(F)ccc2C)C(F)(F)F)c2cnn(-c3cccc(C(=O)NC(C(N)=O)[C@@H](C)O)c3)c2c1. The van der Waals surface area contributed by atoms with Gasteiger partial charge in [0.2, 0.25) is 5.91 Å². The lowest BCUT2D eigenvalue weighted by atomic mass is 9.72. The van der Waals surface area contributed by atoms with E-state index < -0.39 is 59.8 Å². The van der Waals surface area contributed by atoms with E-state index in [2.05, 4.69) is 10.4 Å². The predicted octanol–water partition coefficient (Wildman–Crippen LogP) is 5.34.